The summed E-state index contributed by atoms with van der Waals surface area (Å²) in [5, 5.41) is 0. The number of methoxy groups -OCH3 is 1. The Kier molecular flexibility index (Phi) is 6.69. The van der Waals surface area contributed by atoms with Crippen LogP contribution in [0.5, 0.6) is 0 Å². The Labute approximate surface area is 136 Å². The van der Waals surface area contributed by atoms with Crippen molar-refractivity contribution in [1.82, 2.24) is 9.80 Å². The summed E-state index contributed by atoms with van der Waals surface area (Å²) in [4.78, 5) is 17.6. The summed E-state index contributed by atoms with van der Waals surface area (Å²) in [6, 6.07) is 0.578. The fourth-order valence-corrected chi connectivity index (χ4v) is 3.79. The summed E-state index contributed by atoms with van der Waals surface area (Å²) in [5.41, 5.74) is -0.309. The molecule has 22 heavy (non-hydrogen) atoms. The van der Waals surface area contributed by atoms with E-state index in [4.69, 9.17) is 4.74 Å². The second-order valence-electron chi connectivity index (χ2n) is 7.62. The van der Waals surface area contributed by atoms with Gasteiger partial charge in [-0.15, -0.1) is 0 Å². The maximum Gasteiger partial charge on any atom is 0.228 e. The second-order valence-corrected chi connectivity index (χ2v) is 7.62. The third-order valence-corrected chi connectivity index (χ3v) is 5.35. The number of carbonyl (C=O) groups excluding carboxylic acids is 1. The number of rotatable bonds is 5. The van der Waals surface area contributed by atoms with Crippen LogP contribution in [0.25, 0.3) is 0 Å². The molecule has 2 fully saturated rings. The smallest absolute Gasteiger partial charge is 0.228 e. The molecule has 2 heterocycles. The zero-order chi connectivity index (χ0) is 16.0. The highest BCUT2D eigenvalue weighted by atomic mass is 16.5. The Hall–Kier alpha value is -0.610. The van der Waals surface area contributed by atoms with E-state index in [0.717, 1.165) is 25.9 Å². The van der Waals surface area contributed by atoms with Gasteiger partial charge < -0.3 is 9.64 Å². The Morgan fingerprint density at radius 2 is 1.77 bits per heavy atom. The first kappa shape index (κ1) is 17.7. The summed E-state index contributed by atoms with van der Waals surface area (Å²) in [6.07, 6.45) is 8.59. The van der Waals surface area contributed by atoms with Crippen LogP contribution >= 0.6 is 0 Å². The van der Waals surface area contributed by atoms with Crippen LogP contribution in [0.15, 0.2) is 0 Å². The van der Waals surface area contributed by atoms with E-state index in [1.54, 1.807) is 7.11 Å². The third kappa shape index (κ3) is 4.69. The van der Waals surface area contributed by atoms with Gasteiger partial charge in [0.2, 0.25) is 5.91 Å². The lowest BCUT2D eigenvalue weighted by Gasteiger charge is -2.41. The van der Waals surface area contributed by atoms with E-state index in [1.807, 2.05) is 0 Å². The number of piperidine rings is 1. The predicted octanol–water partition coefficient (Wildman–Crippen LogP) is 2.92. The van der Waals surface area contributed by atoms with E-state index in [9.17, 15) is 4.79 Å². The quantitative estimate of drug-likeness (QED) is 0.783. The molecule has 2 aliphatic heterocycles. The van der Waals surface area contributed by atoms with Crippen LogP contribution < -0.4 is 0 Å². The molecule has 1 amide bonds. The van der Waals surface area contributed by atoms with Gasteiger partial charge in [-0.1, -0.05) is 26.7 Å². The molecule has 4 heteroatoms. The maximum atomic E-state index is 12.9. The molecule has 0 unspecified atom stereocenters. The van der Waals surface area contributed by atoms with Gasteiger partial charge in [0.1, 0.15) is 0 Å². The number of ether oxygens (including phenoxy) is 1. The van der Waals surface area contributed by atoms with Crippen LogP contribution in [0.4, 0.5) is 0 Å². The second kappa shape index (κ2) is 8.30. The van der Waals surface area contributed by atoms with Gasteiger partial charge in [0.05, 0.1) is 0 Å². The molecule has 0 saturated carbocycles. The van der Waals surface area contributed by atoms with Crippen molar-refractivity contribution in [3.63, 3.8) is 0 Å². The minimum atomic E-state index is -0.309. The van der Waals surface area contributed by atoms with Gasteiger partial charge in [-0.25, -0.2) is 0 Å². The van der Waals surface area contributed by atoms with Crippen LogP contribution in [-0.4, -0.2) is 61.6 Å². The van der Waals surface area contributed by atoms with E-state index < -0.39 is 0 Å². The van der Waals surface area contributed by atoms with Gasteiger partial charge >= 0.3 is 0 Å². The summed E-state index contributed by atoms with van der Waals surface area (Å²) >= 11 is 0. The Morgan fingerprint density at radius 3 is 2.41 bits per heavy atom. The zero-order valence-electron chi connectivity index (χ0n) is 14.8. The minimum Gasteiger partial charge on any atom is -0.385 e. The molecule has 1 atom stereocenters. The van der Waals surface area contributed by atoms with Crippen molar-refractivity contribution >= 4 is 5.91 Å². The molecule has 0 aromatic carbocycles. The number of carbonyl (C=O) groups is 1. The molecule has 4 nitrogen and oxygen atoms in total. The van der Waals surface area contributed by atoms with Crippen molar-refractivity contribution in [2.75, 3.05) is 39.9 Å². The number of likely N-dealkylation sites (tertiary alicyclic amines) is 2. The van der Waals surface area contributed by atoms with Crippen LogP contribution in [0.2, 0.25) is 0 Å². The van der Waals surface area contributed by atoms with E-state index in [-0.39, 0.29) is 5.41 Å². The van der Waals surface area contributed by atoms with Crippen molar-refractivity contribution in [3.05, 3.63) is 0 Å². The first-order valence-corrected chi connectivity index (χ1v) is 9.07. The zero-order valence-corrected chi connectivity index (χ0v) is 14.8. The van der Waals surface area contributed by atoms with Crippen molar-refractivity contribution in [3.8, 4) is 0 Å². The fraction of sp³-hybridized carbons (Fsp3) is 0.944. The minimum absolute atomic E-state index is 0.309. The number of amides is 1. The molecule has 0 bridgehead atoms. The van der Waals surface area contributed by atoms with Crippen molar-refractivity contribution in [2.45, 2.75) is 64.8 Å². The van der Waals surface area contributed by atoms with E-state index in [0.29, 0.717) is 18.6 Å². The monoisotopic (exact) mass is 310 g/mol. The molecule has 0 aliphatic carbocycles. The van der Waals surface area contributed by atoms with Crippen LogP contribution in [0.1, 0.15) is 58.8 Å². The lowest BCUT2D eigenvalue weighted by Crippen LogP contribution is -2.53. The molecule has 0 aromatic heterocycles. The summed E-state index contributed by atoms with van der Waals surface area (Å²) < 4.78 is 5.17. The number of nitrogens with zero attached hydrogens (tertiary/aromatic N) is 2. The molecule has 0 radical (unpaired) electrons. The molecule has 2 aliphatic rings. The third-order valence-electron chi connectivity index (χ3n) is 5.35. The fourth-order valence-electron chi connectivity index (χ4n) is 3.79. The van der Waals surface area contributed by atoms with Gasteiger partial charge in [0.25, 0.3) is 0 Å². The Bertz CT molecular complexity index is 349. The first-order chi connectivity index (χ1) is 10.5. The van der Waals surface area contributed by atoms with Gasteiger partial charge in [-0.05, 0) is 45.2 Å². The van der Waals surface area contributed by atoms with E-state index >= 15 is 0 Å². The van der Waals surface area contributed by atoms with Crippen LogP contribution in [0, 0.1) is 5.41 Å². The van der Waals surface area contributed by atoms with Crippen LogP contribution in [-0.2, 0) is 9.53 Å². The van der Waals surface area contributed by atoms with Gasteiger partial charge in [0, 0.05) is 38.3 Å². The molecule has 2 rings (SSSR count). The first-order valence-electron chi connectivity index (χ1n) is 9.07. The number of hydrogen-bond donors (Lipinski definition) is 0. The molecule has 2 saturated heterocycles. The lowest BCUT2D eigenvalue weighted by atomic mass is 9.87. The average molecular weight is 310 g/mol. The largest absolute Gasteiger partial charge is 0.385 e. The molecule has 0 aromatic rings. The molecule has 0 N–H and O–H groups in total. The maximum absolute atomic E-state index is 12.9. The average Bonchev–Trinajstić information content (AvgIpc) is 2.81. The highest BCUT2D eigenvalue weighted by Gasteiger charge is 2.35. The van der Waals surface area contributed by atoms with Gasteiger partial charge in [0.15, 0.2) is 0 Å². The van der Waals surface area contributed by atoms with Gasteiger partial charge in [-0.3, -0.25) is 9.69 Å². The lowest BCUT2D eigenvalue weighted by molar-refractivity contribution is -0.143. The predicted molar refractivity (Wildman–Crippen MR) is 89.9 cm³/mol. The topological polar surface area (TPSA) is 32.8 Å². The highest BCUT2D eigenvalue weighted by Crippen LogP contribution is 2.27. The van der Waals surface area contributed by atoms with Crippen molar-refractivity contribution in [1.29, 1.82) is 0 Å². The number of hydrogen-bond acceptors (Lipinski definition) is 3. The van der Waals surface area contributed by atoms with Gasteiger partial charge in [-0.2, -0.15) is 0 Å². The highest BCUT2D eigenvalue weighted by molar-refractivity contribution is 5.82. The standard InChI is InChI=1S/C18H34N2O2/c1-18(2,10-14-22-3)17(21)20-13-8-9-16(15-20)19-11-6-4-5-7-12-19/h16H,4-15H2,1-3H3/t16-/m1/s1. The molecular formula is C18H34N2O2. The van der Waals surface area contributed by atoms with Crippen molar-refractivity contribution in [2.24, 2.45) is 5.41 Å². The SMILES string of the molecule is COCCC(C)(C)C(=O)N1CCC[C@@H](N2CCCCCC2)C1. The molecule has 128 valence electrons. The summed E-state index contributed by atoms with van der Waals surface area (Å²) in [7, 11) is 1.71. The summed E-state index contributed by atoms with van der Waals surface area (Å²) in [6.45, 7) is 9.07. The van der Waals surface area contributed by atoms with Crippen molar-refractivity contribution < 1.29 is 9.53 Å². The van der Waals surface area contributed by atoms with E-state index in [1.165, 1.54) is 45.2 Å². The van der Waals surface area contributed by atoms with E-state index in [2.05, 4.69) is 23.6 Å². The summed E-state index contributed by atoms with van der Waals surface area (Å²) in [5.74, 6) is 0.309. The Balaban J connectivity index is 1.92. The van der Waals surface area contributed by atoms with Crippen LogP contribution in [0.3, 0.4) is 0 Å². The molecule has 0 spiro atoms. The molecular weight excluding hydrogens is 276 g/mol. The Morgan fingerprint density at radius 1 is 1.09 bits per heavy atom. The normalized spacial score (nSPS) is 25.0.